The Morgan fingerprint density at radius 2 is 1.40 bits per heavy atom. The molecule has 0 radical (unpaired) electrons. The minimum atomic E-state index is -0.498. The highest BCUT2D eigenvalue weighted by Crippen LogP contribution is 2.21. The molecule has 3 nitrogen and oxygen atoms in total. The molecule has 0 N–H and O–H groups in total. The van der Waals surface area contributed by atoms with Crippen molar-refractivity contribution in [3.63, 3.8) is 0 Å². The summed E-state index contributed by atoms with van der Waals surface area (Å²) in [5.41, 5.74) is 0.680. The standard InChI is InChI=1S/C17H24O3/c1-16(2,3)14(18)13-9-7-12(8-10-13)11-20-15(19)17(4,5)6/h7-10H,11H2,1-6H3. The largest absolute Gasteiger partial charge is 0.460 e. The van der Waals surface area contributed by atoms with E-state index in [0.29, 0.717) is 5.56 Å². The zero-order chi connectivity index (χ0) is 15.6. The van der Waals surface area contributed by atoms with Crippen LogP contribution in [0.4, 0.5) is 0 Å². The number of benzene rings is 1. The summed E-state index contributed by atoms with van der Waals surface area (Å²) < 4.78 is 5.24. The van der Waals surface area contributed by atoms with E-state index in [4.69, 9.17) is 4.74 Å². The van der Waals surface area contributed by atoms with E-state index in [9.17, 15) is 9.59 Å². The van der Waals surface area contributed by atoms with Crippen LogP contribution in [0.15, 0.2) is 24.3 Å². The number of ether oxygens (including phenoxy) is 1. The molecule has 3 heteroatoms. The number of carbonyl (C=O) groups is 2. The molecule has 0 aliphatic heterocycles. The summed E-state index contributed by atoms with van der Waals surface area (Å²) in [6, 6.07) is 7.23. The number of hydrogen-bond acceptors (Lipinski definition) is 3. The quantitative estimate of drug-likeness (QED) is 0.619. The Hall–Kier alpha value is -1.64. The van der Waals surface area contributed by atoms with Gasteiger partial charge in [-0.2, -0.15) is 0 Å². The summed E-state index contributed by atoms with van der Waals surface area (Å²) in [6.45, 7) is 11.4. The second kappa shape index (κ2) is 5.78. The van der Waals surface area contributed by atoms with E-state index in [1.165, 1.54) is 0 Å². The topological polar surface area (TPSA) is 43.4 Å². The van der Waals surface area contributed by atoms with Gasteiger partial charge >= 0.3 is 5.97 Å². The van der Waals surface area contributed by atoms with Crippen LogP contribution >= 0.6 is 0 Å². The van der Waals surface area contributed by atoms with Crippen molar-refractivity contribution in [2.75, 3.05) is 0 Å². The summed E-state index contributed by atoms with van der Waals surface area (Å²) in [5, 5.41) is 0. The molecule has 20 heavy (non-hydrogen) atoms. The van der Waals surface area contributed by atoms with Crippen LogP contribution in [0.25, 0.3) is 0 Å². The summed E-state index contributed by atoms with van der Waals surface area (Å²) in [7, 11) is 0. The van der Waals surface area contributed by atoms with Crippen molar-refractivity contribution in [1.29, 1.82) is 0 Å². The van der Waals surface area contributed by atoms with Gasteiger partial charge in [0.05, 0.1) is 5.41 Å². The highest BCUT2D eigenvalue weighted by atomic mass is 16.5. The van der Waals surface area contributed by atoms with Crippen LogP contribution in [0, 0.1) is 10.8 Å². The van der Waals surface area contributed by atoms with Gasteiger partial charge in [-0.3, -0.25) is 9.59 Å². The van der Waals surface area contributed by atoms with Gasteiger partial charge in [-0.1, -0.05) is 45.0 Å². The van der Waals surface area contributed by atoms with Crippen LogP contribution in [0.1, 0.15) is 57.5 Å². The molecule has 0 saturated heterocycles. The fourth-order valence-corrected chi connectivity index (χ4v) is 1.55. The van der Waals surface area contributed by atoms with Gasteiger partial charge in [-0.05, 0) is 26.3 Å². The lowest BCUT2D eigenvalue weighted by Gasteiger charge is -2.18. The van der Waals surface area contributed by atoms with Crippen molar-refractivity contribution in [3.8, 4) is 0 Å². The lowest BCUT2D eigenvalue weighted by atomic mass is 9.86. The molecule has 0 saturated carbocycles. The van der Waals surface area contributed by atoms with Gasteiger partial charge in [0.15, 0.2) is 5.78 Å². The molecule has 0 aliphatic carbocycles. The molecule has 0 bridgehead atoms. The Kier molecular flexibility index (Phi) is 4.74. The predicted molar refractivity (Wildman–Crippen MR) is 79.5 cm³/mol. The SMILES string of the molecule is CC(C)(C)C(=O)OCc1ccc(C(=O)C(C)(C)C)cc1. The average Bonchev–Trinajstić information content (AvgIpc) is 2.33. The van der Waals surface area contributed by atoms with Crippen LogP contribution in [-0.2, 0) is 16.1 Å². The molecule has 110 valence electrons. The maximum absolute atomic E-state index is 12.1. The molecular formula is C17H24O3. The van der Waals surface area contributed by atoms with E-state index < -0.39 is 5.41 Å². The van der Waals surface area contributed by atoms with Crippen LogP contribution in [0.5, 0.6) is 0 Å². The fraction of sp³-hybridized carbons (Fsp3) is 0.529. The van der Waals surface area contributed by atoms with E-state index in [1.54, 1.807) is 12.1 Å². The predicted octanol–water partition coefficient (Wildman–Crippen LogP) is 4.00. The van der Waals surface area contributed by atoms with Crippen molar-refractivity contribution in [1.82, 2.24) is 0 Å². The molecule has 0 heterocycles. The molecule has 1 rings (SSSR count). The smallest absolute Gasteiger partial charge is 0.311 e. The molecule has 0 aliphatic rings. The minimum Gasteiger partial charge on any atom is -0.460 e. The van der Waals surface area contributed by atoms with E-state index in [-0.39, 0.29) is 23.8 Å². The van der Waals surface area contributed by atoms with Gasteiger partial charge in [0.2, 0.25) is 0 Å². The molecule has 1 aromatic carbocycles. The number of esters is 1. The first kappa shape index (κ1) is 16.4. The highest BCUT2D eigenvalue weighted by molar-refractivity contribution is 5.99. The fourth-order valence-electron chi connectivity index (χ4n) is 1.55. The van der Waals surface area contributed by atoms with Crippen LogP contribution < -0.4 is 0 Å². The first-order valence-electron chi connectivity index (χ1n) is 6.83. The third kappa shape index (κ3) is 4.48. The van der Waals surface area contributed by atoms with E-state index >= 15 is 0 Å². The Labute approximate surface area is 121 Å². The summed E-state index contributed by atoms with van der Waals surface area (Å²) in [5.74, 6) is -0.122. The molecule has 0 fully saturated rings. The Morgan fingerprint density at radius 1 is 0.900 bits per heavy atom. The minimum absolute atomic E-state index is 0.107. The summed E-state index contributed by atoms with van der Waals surface area (Å²) in [4.78, 5) is 23.8. The van der Waals surface area contributed by atoms with Crippen LogP contribution in [0.3, 0.4) is 0 Å². The second-order valence-electron chi connectivity index (χ2n) is 7.10. The third-order valence-electron chi connectivity index (χ3n) is 2.88. The van der Waals surface area contributed by atoms with Gasteiger partial charge in [0, 0.05) is 11.0 Å². The lowest BCUT2D eigenvalue weighted by molar-refractivity contribution is -0.154. The van der Waals surface area contributed by atoms with Gasteiger partial charge < -0.3 is 4.74 Å². The molecule has 0 amide bonds. The highest BCUT2D eigenvalue weighted by Gasteiger charge is 2.24. The molecule has 0 aromatic heterocycles. The van der Waals surface area contributed by atoms with Gasteiger partial charge in [0.1, 0.15) is 6.61 Å². The Balaban J connectivity index is 2.69. The van der Waals surface area contributed by atoms with Crippen molar-refractivity contribution in [2.24, 2.45) is 10.8 Å². The van der Waals surface area contributed by atoms with E-state index in [2.05, 4.69) is 0 Å². The molecule has 0 atom stereocenters. The first-order chi connectivity index (χ1) is 9.01. The third-order valence-corrected chi connectivity index (χ3v) is 2.88. The van der Waals surface area contributed by atoms with E-state index in [0.717, 1.165) is 5.56 Å². The maximum atomic E-state index is 12.1. The summed E-state index contributed by atoms with van der Waals surface area (Å²) >= 11 is 0. The van der Waals surface area contributed by atoms with E-state index in [1.807, 2.05) is 53.7 Å². The lowest BCUT2D eigenvalue weighted by Crippen LogP contribution is -2.22. The Morgan fingerprint density at radius 3 is 1.80 bits per heavy atom. The van der Waals surface area contributed by atoms with Crippen LogP contribution in [0.2, 0.25) is 0 Å². The van der Waals surface area contributed by atoms with Crippen molar-refractivity contribution in [3.05, 3.63) is 35.4 Å². The molecule has 0 unspecified atom stereocenters. The number of carbonyl (C=O) groups excluding carboxylic acids is 2. The molecule has 0 spiro atoms. The van der Waals surface area contributed by atoms with Gasteiger partial charge in [0.25, 0.3) is 0 Å². The van der Waals surface area contributed by atoms with Gasteiger partial charge in [-0.25, -0.2) is 0 Å². The normalized spacial score (nSPS) is 12.1. The maximum Gasteiger partial charge on any atom is 0.311 e. The number of Topliss-reactive ketones (excluding diaryl/α,β-unsaturated/α-hetero) is 1. The van der Waals surface area contributed by atoms with Crippen LogP contribution in [-0.4, -0.2) is 11.8 Å². The Bertz CT molecular complexity index is 484. The first-order valence-corrected chi connectivity index (χ1v) is 6.83. The van der Waals surface area contributed by atoms with Crippen molar-refractivity contribution < 1.29 is 14.3 Å². The zero-order valence-electron chi connectivity index (χ0n) is 13.2. The number of rotatable bonds is 3. The molecular weight excluding hydrogens is 252 g/mol. The summed E-state index contributed by atoms with van der Waals surface area (Å²) in [6.07, 6.45) is 0. The van der Waals surface area contributed by atoms with Gasteiger partial charge in [-0.15, -0.1) is 0 Å². The number of hydrogen-bond donors (Lipinski definition) is 0. The number of ketones is 1. The van der Waals surface area contributed by atoms with Crippen molar-refractivity contribution in [2.45, 2.75) is 48.1 Å². The average molecular weight is 276 g/mol. The zero-order valence-corrected chi connectivity index (χ0v) is 13.2. The monoisotopic (exact) mass is 276 g/mol. The molecule has 1 aromatic rings. The van der Waals surface area contributed by atoms with Crippen molar-refractivity contribution >= 4 is 11.8 Å². The second-order valence-corrected chi connectivity index (χ2v) is 7.10.